The zero-order valence-corrected chi connectivity index (χ0v) is 14.0. The molecule has 5 nitrogen and oxygen atoms in total. The molecule has 1 amide bonds. The summed E-state index contributed by atoms with van der Waals surface area (Å²) in [5.41, 5.74) is 0.960. The lowest BCUT2D eigenvalue weighted by atomic mass is 10.0. The van der Waals surface area contributed by atoms with Gasteiger partial charge in [0.15, 0.2) is 0 Å². The quantitative estimate of drug-likeness (QED) is 0.815. The van der Waals surface area contributed by atoms with Crippen LogP contribution in [0.3, 0.4) is 0 Å². The van der Waals surface area contributed by atoms with Gasteiger partial charge in [-0.2, -0.15) is 0 Å². The SMILES string of the molecule is CC(C)CC(NC(=O)CCn1ccc2c(Cl)cccc21)C(=O)O. The van der Waals surface area contributed by atoms with Gasteiger partial charge in [0.25, 0.3) is 0 Å². The predicted octanol–water partition coefficient (Wildman–Crippen LogP) is 3.30. The van der Waals surface area contributed by atoms with Crippen molar-refractivity contribution in [3.8, 4) is 0 Å². The molecule has 0 saturated heterocycles. The summed E-state index contributed by atoms with van der Waals surface area (Å²) in [4.78, 5) is 23.2. The van der Waals surface area contributed by atoms with Crippen LogP contribution in [-0.2, 0) is 16.1 Å². The molecule has 2 N–H and O–H groups in total. The molecular formula is C17H21ClN2O3. The van der Waals surface area contributed by atoms with Crippen LogP contribution in [0.25, 0.3) is 10.9 Å². The van der Waals surface area contributed by atoms with Gasteiger partial charge in [-0.15, -0.1) is 0 Å². The Kier molecular flexibility index (Phi) is 5.66. The number of rotatable bonds is 7. The maximum Gasteiger partial charge on any atom is 0.326 e. The highest BCUT2D eigenvalue weighted by Crippen LogP contribution is 2.24. The molecule has 23 heavy (non-hydrogen) atoms. The first-order chi connectivity index (χ1) is 10.9. The smallest absolute Gasteiger partial charge is 0.326 e. The molecule has 2 aromatic rings. The fourth-order valence-corrected chi connectivity index (χ4v) is 2.79. The second-order valence-electron chi connectivity index (χ2n) is 6.02. The van der Waals surface area contributed by atoms with E-state index >= 15 is 0 Å². The molecule has 0 fully saturated rings. The standard InChI is InChI=1S/C17H21ClN2O3/c1-11(2)10-14(17(22)23)19-16(21)7-9-20-8-6-12-13(18)4-3-5-15(12)20/h3-6,8,11,14H,7,9-10H2,1-2H3,(H,19,21)(H,22,23). The first-order valence-electron chi connectivity index (χ1n) is 7.64. The molecular weight excluding hydrogens is 316 g/mol. The van der Waals surface area contributed by atoms with E-state index in [1.165, 1.54) is 0 Å². The monoisotopic (exact) mass is 336 g/mol. The molecule has 1 unspecified atom stereocenters. The van der Waals surface area contributed by atoms with Gasteiger partial charge in [-0.3, -0.25) is 4.79 Å². The molecule has 0 aliphatic heterocycles. The van der Waals surface area contributed by atoms with Crippen LogP contribution in [0.15, 0.2) is 30.5 Å². The van der Waals surface area contributed by atoms with Crippen molar-refractivity contribution in [1.29, 1.82) is 0 Å². The van der Waals surface area contributed by atoms with Gasteiger partial charge >= 0.3 is 5.97 Å². The van der Waals surface area contributed by atoms with Gasteiger partial charge in [-0.25, -0.2) is 4.79 Å². The van der Waals surface area contributed by atoms with Crippen LogP contribution in [0.2, 0.25) is 5.02 Å². The Bertz CT molecular complexity index is 709. The number of nitrogens with zero attached hydrogens (tertiary/aromatic N) is 1. The number of halogens is 1. The number of hydrogen-bond donors (Lipinski definition) is 2. The number of aliphatic carboxylic acids is 1. The second kappa shape index (κ2) is 7.51. The number of aryl methyl sites for hydroxylation is 1. The van der Waals surface area contributed by atoms with E-state index in [2.05, 4.69) is 5.32 Å². The van der Waals surface area contributed by atoms with Gasteiger partial charge in [-0.05, 0) is 30.5 Å². The zero-order chi connectivity index (χ0) is 17.0. The van der Waals surface area contributed by atoms with Gasteiger partial charge < -0.3 is 15.0 Å². The highest BCUT2D eigenvalue weighted by atomic mass is 35.5. The molecule has 0 aliphatic rings. The van der Waals surface area contributed by atoms with Crippen LogP contribution >= 0.6 is 11.6 Å². The van der Waals surface area contributed by atoms with Crippen molar-refractivity contribution in [2.45, 2.75) is 39.3 Å². The van der Waals surface area contributed by atoms with Crippen LogP contribution < -0.4 is 5.32 Å². The predicted molar refractivity (Wildman–Crippen MR) is 90.6 cm³/mol. The second-order valence-corrected chi connectivity index (χ2v) is 6.43. The van der Waals surface area contributed by atoms with Crippen molar-refractivity contribution < 1.29 is 14.7 Å². The zero-order valence-electron chi connectivity index (χ0n) is 13.3. The first kappa shape index (κ1) is 17.3. The molecule has 0 bridgehead atoms. The van der Waals surface area contributed by atoms with Crippen molar-refractivity contribution in [2.24, 2.45) is 5.92 Å². The molecule has 1 atom stereocenters. The third-order valence-electron chi connectivity index (χ3n) is 3.68. The Morgan fingerprint density at radius 1 is 1.30 bits per heavy atom. The minimum absolute atomic E-state index is 0.201. The molecule has 2 rings (SSSR count). The Hall–Kier alpha value is -2.01. The number of carboxylic acids is 1. The number of fused-ring (bicyclic) bond motifs is 1. The van der Waals surface area contributed by atoms with E-state index in [1.807, 2.05) is 48.9 Å². The number of hydrogen-bond acceptors (Lipinski definition) is 2. The van der Waals surface area contributed by atoms with E-state index in [-0.39, 0.29) is 18.2 Å². The van der Waals surface area contributed by atoms with E-state index in [0.29, 0.717) is 18.0 Å². The van der Waals surface area contributed by atoms with Gasteiger partial charge in [-0.1, -0.05) is 31.5 Å². The minimum atomic E-state index is -0.995. The molecule has 0 saturated carbocycles. The summed E-state index contributed by atoms with van der Waals surface area (Å²) in [5, 5.41) is 13.4. The van der Waals surface area contributed by atoms with Gasteiger partial charge in [0.1, 0.15) is 6.04 Å². The number of amides is 1. The largest absolute Gasteiger partial charge is 0.480 e. The summed E-state index contributed by atoms with van der Waals surface area (Å²) in [6.45, 7) is 4.33. The van der Waals surface area contributed by atoms with E-state index in [1.54, 1.807) is 0 Å². The lowest BCUT2D eigenvalue weighted by molar-refractivity contribution is -0.142. The normalized spacial score (nSPS) is 12.5. The van der Waals surface area contributed by atoms with Gasteiger partial charge in [0.05, 0.1) is 0 Å². The highest BCUT2D eigenvalue weighted by Gasteiger charge is 2.20. The Morgan fingerprint density at radius 2 is 2.04 bits per heavy atom. The Morgan fingerprint density at radius 3 is 2.70 bits per heavy atom. The number of carbonyl (C=O) groups is 2. The molecule has 124 valence electrons. The molecule has 6 heteroatoms. The first-order valence-corrected chi connectivity index (χ1v) is 8.01. The third kappa shape index (κ3) is 4.48. The van der Waals surface area contributed by atoms with Crippen molar-refractivity contribution in [3.63, 3.8) is 0 Å². The van der Waals surface area contributed by atoms with Crippen molar-refractivity contribution in [3.05, 3.63) is 35.5 Å². The van der Waals surface area contributed by atoms with E-state index in [4.69, 9.17) is 16.7 Å². The summed E-state index contributed by atoms with van der Waals surface area (Å²) in [6, 6.07) is 6.71. The molecule has 1 aromatic heterocycles. The summed E-state index contributed by atoms with van der Waals surface area (Å²) in [6.07, 6.45) is 2.52. The van der Waals surface area contributed by atoms with Crippen molar-refractivity contribution in [1.82, 2.24) is 9.88 Å². The van der Waals surface area contributed by atoms with Crippen LogP contribution in [0.5, 0.6) is 0 Å². The van der Waals surface area contributed by atoms with E-state index in [9.17, 15) is 9.59 Å². The minimum Gasteiger partial charge on any atom is -0.480 e. The molecule has 1 aromatic carbocycles. The summed E-state index contributed by atoms with van der Waals surface area (Å²) >= 11 is 6.13. The summed E-state index contributed by atoms with van der Waals surface area (Å²) in [7, 11) is 0. The molecule has 0 aliphatic carbocycles. The number of aromatic nitrogens is 1. The molecule has 0 radical (unpaired) electrons. The van der Waals surface area contributed by atoms with E-state index in [0.717, 1.165) is 10.9 Å². The maximum absolute atomic E-state index is 12.0. The molecule has 1 heterocycles. The topological polar surface area (TPSA) is 71.3 Å². The van der Waals surface area contributed by atoms with Gasteiger partial charge in [0, 0.05) is 35.1 Å². The number of carbonyl (C=O) groups excluding carboxylic acids is 1. The Balaban J connectivity index is 1.98. The van der Waals surface area contributed by atoms with Crippen molar-refractivity contribution in [2.75, 3.05) is 0 Å². The lowest BCUT2D eigenvalue weighted by Gasteiger charge is -2.16. The van der Waals surface area contributed by atoms with Crippen LogP contribution in [0.1, 0.15) is 26.7 Å². The fraction of sp³-hybridized carbons (Fsp3) is 0.412. The number of carboxylic acid groups (broad SMARTS) is 1. The molecule has 0 spiro atoms. The number of nitrogens with one attached hydrogen (secondary N) is 1. The average molecular weight is 337 g/mol. The van der Waals surface area contributed by atoms with Crippen LogP contribution in [-0.4, -0.2) is 27.6 Å². The highest BCUT2D eigenvalue weighted by molar-refractivity contribution is 6.35. The van der Waals surface area contributed by atoms with Crippen LogP contribution in [0, 0.1) is 5.92 Å². The average Bonchev–Trinajstić information content (AvgIpc) is 2.88. The maximum atomic E-state index is 12.0. The third-order valence-corrected chi connectivity index (χ3v) is 4.01. The van der Waals surface area contributed by atoms with Crippen LogP contribution in [0.4, 0.5) is 0 Å². The van der Waals surface area contributed by atoms with Crippen molar-refractivity contribution >= 4 is 34.4 Å². The van der Waals surface area contributed by atoms with Gasteiger partial charge in [0.2, 0.25) is 5.91 Å². The van der Waals surface area contributed by atoms with E-state index < -0.39 is 12.0 Å². The fourth-order valence-electron chi connectivity index (χ4n) is 2.56. The summed E-state index contributed by atoms with van der Waals surface area (Å²) in [5.74, 6) is -1.06. The lowest BCUT2D eigenvalue weighted by Crippen LogP contribution is -2.41. The number of benzene rings is 1. The summed E-state index contributed by atoms with van der Waals surface area (Å²) < 4.78 is 1.94. The Labute approximate surface area is 140 Å².